The lowest BCUT2D eigenvalue weighted by atomic mass is 10.0. The number of methoxy groups -OCH3 is 1. The monoisotopic (exact) mass is 401 g/mol. The highest BCUT2D eigenvalue weighted by Gasteiger charge is 2.25. The van der Waals surface area contributed by atoms with E-state index >= 15 is 0 Å². The molecule has 6 nitrogen and oxygen atoms in total. The molecule has 3 aromatic heterocycles. The number of hydrogen-bond acceptors (Lipinski definition) is 6. The molecule has 8 heteroatoms. The van der Waals surface area contributed by atoms with Gasteiger partial charge in [0.15, 0.2) is 10.6 Å². The second-order valence-electron chi connectivity index (χ2n) is 6.66. The summed E-state index contributed by atoms with van der Waals surface area (Å²) in [6.45, 7) is 5.24. The Morgan fingerprint density at radius 3 is 2.89 bits per heavy atom. The van der Waals surface area contributed by atoms with Crippen LogP contribution >= 0.6 is 23.6 Å². The maximum Gasteiger partial charge on any atom is 0.199 e. The van der Waals surface area contributed by atoms with Crippen LogP contribution in [0.15, 0.2) is 36.0 Å². The molecule has 0 bridgehead atoms. The summed E-state index contributed by atoms with van der Waals surface area (Å²) in [5, 5.41) is 7.05. The minimum Gasteiger partial charge on any atom is -0.383 e. The lowest BCUT2D eigenvalue weighted by Gasteiger charge is -2.33. The van der Waals surface area contributed by atoms with Gasteiger partial charge < -0.3 is 4.74 Å². The Kier molecular flexibility index (Phi) is 5.49. The molecule has 0 saturated carbocycles. The zero-order valence-corrected chi connectivity index (χ0v) is 17.2. The van der Waals surface area contributed by atoms with Crippen molar-refractivity contribution in [3.8, 4) is 11.4 Å². The molecule has 0 radical (unpaired) electrons. The van der Waals surface area contributed by atoms with E-state index in [2.05, 4.69) is 32.8 Å². The van der Waals surface area contributed by atoms with Gasteiger partial charge in [-0.2, -0.15) is 5.10 Å². The van der Waals surface area contributed by atoms with E-state index in [4.69, 9.17) is 22.1 Å². The number of thiophene rings is 1. The van der Waals surface area contributed by atoms with Crippen molar-refractivity contribution < 1.29 is 4.74 Å². The zero-order chi connectivity index (χ0) is 18.8. The second kappa shape index (κ2) is 8.02. The fourth-order valence-electron chi connectivity index (χ4n) is 3.56. The predicted octanol–water partition coefficient (Wildman–Crippen LogP) is 3.76. The van der Waals surface area contributed by atoms with Gasteiger partial charge in [-0.15, -0.1) is 11.3 Å². The van der Waals surface area contributed by atoms with E-state index in [1.54, 1.807) is 19.5 Å². The molecule has 4 rings (SSSR count). The van der Waals surface area contributed by atoms with Gasteiger partial charge in [0.1, 0.15) is 0 Å². The topological polar surface area (TPSA) is 48.1 Å². The predicted molar refractivity (Wildman–Crippen MR) is 109 cm³/mol. The first-order valence-corrected chi connectivity index (χ1v) is 10.3. The number of nitrogens with zero attached hydrogens (tertiary/aromatic N) is 5. The fraction of sp³-hybridized carbons (Fsp3) is 0.421. The molecule has 1 aliphatic rings. The third-order valence-electron chi connectivity index (χ3n) is 5.10. The fourth-order valence-corrected chi connectivity index (χ4v) is 4.80. The van der Waals surface area contributed by atoms with Gasteiger partial charge in [-0.25, -0.2) is 4.68 Å². The van der Waals surface area contributed by atoms with Crippen LogP contribution < -0.4 is 0 Å². The highest BCUT2D eigenvalue weighted by atomic mass is 32.1. The molecule has 27 heavy (non-hydrogen) atoms. The van der Waals surface area contributed by atoms with E-state index in [9.17, 15) is 0 Å². The highest BCUT2D eigenvalue weighted by Crippen LogP contribution is 2.33. The minimum atomic E-state index is 0.371. The van der Waals surface area contributed by atoms with E-state index in [1.165, 1.54) is 10.4 Å². The van der Waals surface area contributed by atoms with Gasteiger partial charge in [-0.3, -0.25) is 14.5 Å². The number of fused-ring (bicyclic) bond motifs is 1. The van der Waals surface area contributed by atoms with Crippen molar-refractivity contribution >= 4 is 23.6 Å². The molecule has 0 fully saturated rings. The van der Waals surface area contributed by atoms with Crippen molar-refractivity contribution in [2.24, 2.45) is 0 Å². The van der Waals surface area contributed by atoms with Gasteiger partial charge in [0.05, 0.1) is 19.8 Å². The maximum absolute atomic E-state index is 5.76. The van der Waals surface area contributed by atoms with Crippen LogP contribution in [0.25, 0.3) is 11.4 Å². The Morgan fingerprint density at radius 2 is 2.11 bits per heavy atom. The van der Waals surface area contributed by atoms with Crippen LogP contribution in [-0.4, -0.2) is 44.5 Å². The average Bonchev–Trinajstić information content (AvgIpc) is 3.29. The third kappa shape index (κ3) is 3.62. The van der Waals surface area contributed by atoms with E-state index in [-0.39, 0.29) is 0 Å². The number of hydrogen-bond donors (Lipinski definition) is 0. The van der Waals surface area contributed by atoms with Gasteiger partial charge >= 0.3 is 0 Å². The van der Waals surface area contributed by atoms with Gasteiger partial charge in [0.2, 0.25) is 0 Å². The van der Waals surface area contributed by atoms with Gasteiger partial charge in [0, 0.05) is 42.5 Å². The SMILES string of the molecule is COCCn1c(-c2ccncc2)nn(CN2CCc3sccc3[C@@H]2C)c1=S. The van der Waals surface area contributed by atoms with Crippen molar-refractivity contribution in [3.63, 3.8) is 0 Å². The third-order valence-corrected chi connectivity index (χ3v) is 6.53. The van der Waals surface area contributed by atoms with Crippen molar-refractivity contribution in [1.29, 1.82) is 0 Å². The van der Waals surface area contributed by atoms with Crippen molar-refractivity contribution in [3.05, 3.63) is 51.2 Å². The second-order valence-corrected chi connectivity index (χ2v) is 8.03. The molecule has 142 valence electrons. The molecule has 0 unspecified atom stereocenters. The molecule has 1 atom stereocenters. The van der Waals surface area contributed by atoms with E-state index in [0.29, 0.717) is 25.9 Å². The molecule has 0 N–H and O–H groups in total. The van der Waals surface area contributed by atoms with Crippen LogP contribution in [0.4, 0.5) is 0 Å². The van der Waals surface area contributed by atoms with Crippen LogP contribution in [0.2, 0.25) is 0 Å². The summed E-state index contributed by atoms with van der Waals surface area (Å²) in [6.07, 6.45) is 4.65. The van der Waals surface area contributed by atoms with Gasteiger partial charge in [-0.1, -0.05) is 0 Å². The first-order valence-electron chi connectivity index (χ1n) is 9.06. The lowest BCUT2D eigenvalue weighted by Crippen LogP contribution is -2.35. The average molecular weight is 402 g/mol. The Morgan fingerprint density at radius 1 is 1.30 bits per heavy atom. The minimum absolute atomic E-state index is 0.371. The normalized spacial score (nSPS) is 17.2. The van der Waals surface area contributed by atoms with E-state index in [1.807, 2.05) is 28.2 Å². The summed E-state index contributed by atoms with van der Waals surface area (Å²) in [5.41, 5.74) is 2.45. The standard InChI is InChI=1S/C19H23N5OS2/c1-14-16-6-12-27-17(16)5-9-22(14)13-24-19(26)23(10-11-25-2)18(21-24)15-3-7-20-8-4-15/h3-4,6-8,12,14H,5,9-11,13H2,1-2H3/t14-/m0/s1. The van der Waals surface area contributed by atoms with Crippen LogP contribution in [0.1, 0.15) is 23.4 Å². The van der Waals surface area contributed by atoms with E-state index in [0.717, 1.165) is 29.1 Å². The highest BCUT2D eigenvalue weighted by molar-refractivity contribution is 7.71. The van der Waals surface area contributed by atoms with Crippen LogP contribution in [0.5, 0.6) is 0 Å². The van der Waals surface area contributed by atoms with Crippen LogP contribution in [-0.2, 0) is 24.4 Å². The van der Waals surface area contributed by atoms with Crippen LogP contribution in [0.3, 0.4) is 0 Å². The first-order chi connectivity index (χ1) is 13.2. The molecule has 0 aromatic carbocycles. The van der Waals surface area contributed by atoms with Crippen molar-refractivity contribution in [2.45, 2.75) is 32.6 Å². The summed E-state index contributed by atoms with van der Waals surface area (Å²) in [7, 11) is 1.70. The maximum atomic E-state index is 5.76. The Hall–Kier alpha value is -1.87. The lowest BCUT2D eigenvalue weighted by molar-refractivity contribution is 0.143. The largest absolute Gasteiger partial charge is 0.383 e. The smallest absolute Gasteiger partial charge is 0.199 e. The van der Waals surface area contributed by atoms with Crippen LogP contribution in [0, 0.1) is 4.77 Å². The summed E-state index contributed by atoms with van der Waals surface area (Å²) in [6, 6.07) is 6.54. The number of pyridine rings is 1. The Labute approximate surface area is 168 Å². The number of rotatable bonds is 6. The first kappa shape index (κ1) is 18.5. The zero-order valence-electron chi connectivity index (χ0n) is 15.5. The number of ether oxygens (including phenoxy) is 1. The van der Waals surface area contributed by atoms with Crippen molar-refractivity contribution in [1.82, 2.24) is 24.2 Å². The molecule has 0 spiro atoms. The van der Waals surface area contributed by atoms with E-state index < -0.39 is 0 Å². The molecule has 0 aliphatic carbocycles. The Bertz CT molecular complexity index is 962. The summed E-state index contributed by atoms with van der Waals surface area (Å²) in [4.78, 5) is 8.05. The molecule has 1 aliphatic heterocycles. The summed E-state index contributed by atoms with van der Waals surface area (Å²) in [5.74, 6) is 0.861. The van der Waals surface area contributed by atoms with Crippen molar-refractivity contribution in [2.75, 3.05) is 20.3 Å². The molecule has 0 amide bonds. The Balaban J connectivity index is 1.65. The van der Waals surface area contributed by atoms with Gasteiger partial charge in [-0.05, 0) is 54.7 Å². The molecule has 3 aromatic rings. The van der Waals surface area contributed by atoms with Gasteiger partial charge in [0.25, 0.3) is 0 Å². The quantitative estimate of drug-likeness (QED) is 0.589. The molecular formula is C19H23N5OS2. The summed E-state index contributed by atoms with van der Waals surface area (Å²) >= 11 is 7.62. The molecule has 0 saturated heterocycles. The number of aromatic nitrogens is 4. The molecular weight excluding hydrogens is 378 g/mol. The summed E-state index contributed by atoms with van der Waals surface area (Å²) < 4.78 is 9.99. The molecule has 4 heterocycles.